The van der Waals surface area contributed by atoms with E-state index >= 15 is 0 Å². The molecule has 1 fully saturated rings. The van der Waals surface area contributed by atoms with Gasteiger partial charge in [0.2, 0.25) is 0 Å². The van der Waals surface area contributed by atoms with Crippen LogP contribution >= 0.6 is 11.6 Å². The third kappa shape index (κ3) is 2.88. The highest BCUT2D eigenvalue weighted by atomic mass is 35.5. The van der Waals surface area contributed by atoms with Crippen molar-refractivity contribution in [3.05, 3.63) is 34.3 Å². The Morgan fingerprint density at radius 3 is 2.71 bits per heavy atom. The number of rotatable bonds is 4. The minimum absolute atomic E-state index is 0.210. The maximum atomic E-state index is 13.2. The van der Waals surface area contributed by atoms with Gasteiger partial charge in [-0.2, -0.15) is 13.2 Å². The first-order valence-corrected chi connectivity index (χ1v) is 7.78. The molecule has 1 unspecified atom stereocenters. The lowest BCUT2D eigenvalue weighted by atomic mass is 10.0. The van der Waals surface area contributed by atoms with Gasteiger partial charge in [0.1, 0.15) is 0 Å². The average Bonchev–Trinajstić information content (AvgIpc) is 3.22. The number of halogens is 4. The predicted octanol–water partition coefficient (Wildman–Crippen LogP) is 3.82. The molecule has 0 radical (unpaired) electrons. The molecule has 2 aliphatic heterocycles. The number of esters is 1. The lowest BCUT2D eigenvalue weighted by Crippen LogP contribution is -2.50. The molecule has 0 aromatic heterocycles. The Morgan fingerprint density at radius 2 is 2.17 bits per heavy atom. The van der Waals surface area contributed by atoms with E-state index in [1.807, 2.05) is 0 Å². The van der Waals surface area contributed by atoms with E-state index in [0.717, 1.165) is 5.56 Å². The number of carbonyl (C=O) groups excluding carboxylic acids is 1. The van der Waals surface area contributed by atoms with Gasteiger partial charge in [0.25, 0.3) is 5.66 Å². The summed E-state index contributed by atoms with van der Waals surface area (Å²) >= 11 is 6.06. The second-order valence-corrected chi connectivity index (χ2v) is 6.27. The fourth-order valence-electron chi connectivity index (χ4n) is 3.13. The van der Waals surface area contributed by atoms with Crippen molar-refractivity contribution in [1.29, 1.82) is 0 Å². The molecule has 1 aromatic carbocycles. The summed E-state index contributed by atoms with van der Waals surface area (Å²) in [6, 6.07) is 3.95. The highest BCUT2D eigenvalue weighted by Gasteiger charge is 2.69. The van der Waals surface area contributed by atoms with E-state index in [0.29, 0.717) is 19.4 Å². The number of hydrogen-bond acceptors (Lipinski definition) is 5. The van der Waals surface area contributed by atoms with E-state index in [1.54, 1.807) is 17.0 Å². The van der Waals surface area contributed by atoms with Crippen molar-refractivity contribution < 1.29 is 22.7 Å². The Morgan fingerprint density at radius 1 is 1.46 bits per heavy atom. The lowest BCUT2D eigenvalue weighted by molar-refractivity contribution is -0.177. The minimum Gasteiger partial charge on any atom is -0.465 e. The number of hydrogen-bond donors (Lipinski definition) is 0. The molecule has 0 saturated carbocycles. The van der Waals surface area contributed by atoms with Gasteiger partial charge < -0.3 is 4.74 Å². The summed E-state index contributed by atoms with van der Waals surface area (Å²) in [6.07, 6.45) is -3.44. The second-order valence-electron chi connectivity index (χ2n) is 5.86. The number of likely N-dealkylation sites (tertiary alicyclic amines) is 1. The third-order valence-electron chi connectivity index (χ3n) is 4.39. The molecule has 5 nitrogen and oxygen atoms in total. The Hall–Kier alpha value is -1.67. The first kappa shape index (κ1) is 17.2. The molecular formula is C15H15ClF3N3O2. The van der Waals surface area contributed by atoms with Crippen molar-refractivity contribution in [2.45, 2.75) is 37.3 Å². The summed E-state index contributed by atoms with van der Waals surface area (Å²) in [6.45, 7) is 0.818. The van der Waals surface area contributed by atoms with Crippen LogP contribution in [0.25, 0.3) is 0 Å². The minimum atomic E-state index is -4.48. The molecule has 9 heteroatoms. The summed E-state index contributed by atoms with van der Waals surface area (Å²) in [4.78, 5) is 13.2. The molecule has 130 valence electrons. The zero-order valence-corrected chi connectivity index (χ0v) is 13.6. The van der Waals surface area contributed by atoms with Crippen LogP contribution < -0.4 is 0 Å². The molecule has 2 aliphatic rings. The fraction of sp³-hybridized carbons (Fsp3) is 0.533. The van der Waals surface area contributed by atoms with Crippen LogP contribution in [0.1, 0.15) is 28.8 Å². The average molecular weight is 362 g/mol. The molecular weight excluding hydrogens is 347 g/mol. The molecule has 1 aromatic rings. The van der Waals surface area contributed by atoms with E-state index in [4.69, 9.17) is 11.6 Å². The molecule has 0 aliphatic carbocycles. The van der Waals surface area contributed by atoms with Gasteiger partial charge in [-0.15, -0.1) is 10.2 Å². The van der Waals surface area contributed by atoms with Crippen molar-refractivity contribution in [2.24, 2.45) is 10.2 Å². The van der Waals surface area contributed by atoms with Crippen molar-refractivity contribution >= 4 is 17.6 Å². The van der Waals surface area contributed by atoms with E-state index in [1.165, 1.54) is 13.2 Å². The highest BCUT2D eigenvalue weighted by molar-refractivity contribution is 6.33. The van der Waals surface area contributed by atoms with Crippen molar-refractivity contribution in [2.75, 3.05) is 13.7 Å². The zero-order valence-electron chi connectivity index (χ0n) is 12.8. The number of carbonyl (C=O) groups is 1. The van der Waals surface area contributed by atoms with Crippen LogP contribution in [-0.4, -0.2) is 42.4 Å². The predicted molar refractivity (Wildman–Crippen MR) is 79.9 cm³/mol. The van der Waals surface area contributed by atoms with Crippen LogP contribution in [0.3, 0.4) is 0 Å². The first-order valence-electron chi connectivity index (χ1n) is 7.40. The van der Waals surface area contributed by atoms with Crippen molar-refractivity contribution in [3.8, 4) is 0 Å². The topological polar surface area (TPSA) is 54.3 Å². The van der Waals surface area contributed by atoms with Gasteiger partial charge >= 0.3 is 12.1 Å². The fourth-order valence-corrected chi connectivity index (χ4v) is 3.41. The van der Waals surface area contributed by atoms with Crippen LogP contribution in [0.4, 0.5) is 13.2 Å². The van der Waals surface area contributed by atoms with Crippen LogP contribution in [0.15, 0.2) is 28.4 Å². The smallest absolute Gasteiger partial charge is 0.439 e. The van der Waals surface area contributed by atoms with Gasteiger partial charge in [-0.25, -0.2) is 4.79 Å². The largest absolute Gasteiger partial charge is 0.465 e. The summed E-state index contributed by atoms with van der Waals surface area (Å²) < 4.78 is 44.3. The second kappa shape index (κ2) is 6.00. The summed E-state index contributed by atoms with van der Waals surface area (Å²) in [5.74, 6) is -0.558. The van der Waals surface area contributed by atoms with E-state index in [-0.39, 0.29) is 17.1 Å². The lowest BCUT2D eigenvalue weighted by Gasteiger charge is -2.29. The quantitative estimate of drug-likeness (QED) is 0.766. The standard InChI is InChI=1S/C15H15ClF3N3O2/c1-24-13(23)10-5-4-9(7-11(10)16)8-22-6-2-3-12(22)14(20-21-14)15(17,18)19/h4-5,7,12H,2-3,6,8H2,1H3. The van der Waals surface area contributed by atoms with Crippen LogP contribution in [0, 0.1) is 0 Å². The third-order valence-corrected chi connectivity index (χ3v) is 4.70. The normalized spacial score (nSPS) is 22.6. The Bertz CT molecular complexity index is 687. The van der Waals surface area contributed by atoms with Crippen molar-refractivity contribution in [3.63, 3.8) is 0 Å². The Balaban J connectivity index is 1.76. The van der Waals surface area contributed by atoms with Gasteiger partial charge in [0.15, 0.2) is 0 Å². The summed E-state index contributed by atoms with van der Waals surface area (Å²) in [5, 5.41) is 6.84. The van der Waals surface area contributed by atoms with E-state index in [9.17, 15) is 18.0 Å². The number of nitrogens with zero attached hydrogens (tertiary/aromatic N) is 3. The van der Waals surface area contributed by atoms with E-state index in [2.05, 4.69) is 15.0 Å². The maximum Gasteiger partial charge on any atom is 0.439 e. The van der Waals surface area contributed by atoms with Crippen LogP contribution in [0.2, 0.25) is 5.02 Å². The van der Waals surface area contributed by atoms with Gasteiger partial charge in [-0.3, -0.25) is 4.90 Å². The molecule has 24 heavy (non-hydrogen) atoms. The molecule has 0 spiro atoms. The number of alkyl halides is 3. The molecule has 1 saturated heterocycles. The maximum absolute atomic E-state index is 13.2. The van der Waals surface area contributed by atoms with Crippen molar-refractivity contribution in [1.82, 2.24) is 4.90 Å². The molecule has 0 bridgehead atoms. The van der Waals surface area contributed by atoms with Gasteiger partial charge in [-0.1, -0.05) is 17.7 Å². The molecule has 1 atom stereocenters. The van der Waals surface area contributed by atoms with Gasteiger partial charge in [0.05, 0.1) is 23.7 Å². The highest BCUT2D eigenvalue weighted by Crippen LogP contribution is 2.51. The Labute approximate surface area is 141 Å². The zero-order chi connectivity index (χ0) is 17.5. The van der Waals surface area contributed by atoms with E-state index < -0.39 is 23.9 Å². The van der Waals surface area contributed by atoms with Gasteiger partial charge in [0, 0.05) is 6.54 Å². The summed E-state index contributed by atoms with van der Waals surface area (Å²) in [5.41, 5.74) is -1.34. The molecule has 3 rings (SSSR count). The number of benzene rings is 1. The Kier molecular flexibility index (Phi) is 4.29. The molecule has 2 heterocycles. The van der Waals surface area contributed by atoms with Gasteiger partial charge in [-0.05, 0) is 37.1 Å². The number of methoxy groups -OCH3 is 1. The monoisotopic (exact) mass is 361 g/mol. The number of ether oxygens (including phenoxy) is 1. The molecule has 0 amide bonds. The van der Waals surface area contributed by atoms with Crippen LogP contribution in [-0.2, 0) is 11.3 Å². The van der Waals surface area contributed by atoms with Crippen LogP contribution in [0.5, 0.6) is 0 Å². The first-order chi connectivity index (χ1) is 11.3. The SMILES string of the molecule is COC(=O)c1ccc(CN2CCCC2C2(C(F)(F)F)N=N2)cc1Cl. The molecule has 0 N–H and O–H groups in total. The summed E-state index contributed by atoms with van der Waals surface area (Å²) in [7, 11) is 1.25.